The molecule has 0 aromatic carbocycles. The molecule has 1 aliphatic rings. The van der Waals surface area contributed by atoms with Gasteiger partial charge in [0.15, 0.2) is 5.82 Å². The Kier molecular flexibility index (Phi) is 5.51. The molecule has 112 valence electrons. The van der Waals surface area contributed by atoms with Gasteiger partial charge in [-0.2, -0.15) is 0 Å². The van der Waals surface area contributed by atoms with Crippen molar-refractivity contribution in [2.45, 2.75) is 32.5 Å². The van der Waals surface area contributed by atoms with E-state index in [0.717, 1.165) is 31.8 Å². The molecule has 4 N–H and O–H groups in total. The monoisotopic (exact) mass is 281 g/mol. The van der Waals surface area contributed by atoms with Crippen molar-refractivity contribution in [3.63, 3.8) is 0 Å². The maximum absolute atomic E-state index is 5.69. The van der Waals surface area contributed by atoms with Gasteiger partial charge in [0.05, 0.1) is 6.10 Å². The van der Waals surface area contributed by atoms with Crippen LogP contribution in [-0.2, 0) is 16.1 Å². The number of rotatable bonds is 7. The standard InChI is InChI=1S/C13H23N5O2/c1-3-10-9(4-5-20-10)7-15-11-6-12(18-14)17-13(16-11)8-19-2/h6,9-10H,3-5,7-8,14H2,1-2H3,(H2,15,16,17,18). The van der Waals surface area contributed by atoms with Crippen LogP contribution in [0.3, 0.4) is 0 Å². The molecule has 1 aromatic rings. The smallest absolute Gasteiger partial charge is 0.158 e. The third-order valence-corrected chi connectivity index (χ3v) is 3.49. The molecule has 2 atom stereocenters. The third kappa shape index (κ3) is 3.78. The number of nitrogens with two attached hydrogens (primary N) is 1. The molecule has 1 aromatic heterocycles. The Morgan fingerprint density at radius 2 is 2.25 bits per heavy atom. The van der Waals surface area contributed by atoms with Crippen LogP contribution in [0.15, 0.2) is 6.07 Å². The Morgan fingerprint density at radius 3 is 2.95 bits per heavy atom. The minimum atomic E-state index is 0.342. The maximum atomic E-state index is 5.69. The third-order valence-electron chi connectivity index (χ3n) is 3.49. The fourth-order valence-corrected chi connectivity index (χ4v) is 2.47. The van der Waals surface area contributed by atoms with Crippen molar-refractivity contribution in [1.82, 2.24) is 9.97 Å². The van der Waals surface area contributed by atoms with Crippen molar-refractivity contribution >= 4 is 11.6 Å². The number of hydrazine groups is 1. The Balaban J connectivity index is 1.99. The van der Waals surface area contributed by atoms with Gasteiger partial charge in [0.25, 0.3) is 0 Å². The van der Waals surface area contributed by atoms with Crippen molar-refractivity contribution in [2.24, 2.45) is 11.8 Å². The fraction of sp³-hybridized carbons (Fsp3) is 0.692. The van der Waals surface area contributed by atoms with E-state index in [1.807, 2.05) is 0 Å². The van der Waals surface area contributed by atoms with Crippen LogP contribution in [0.25, 0.3) is 0 Å². The molecule has 2 rings (SSSR count). The number of nitrogens with zero attached hydrogens (tertiary/aromatic N) is 2. The molecule has 0 aliphatic carbocycles. The Bertz CT molecular complexity index is 429. The van der Waals surface area contributed by atoms with Gasteiger partial charge in [-0.1, -0.05) is 6.92 Å². The second-order valence-corrected chi connectivity index (χ2v) is 4.88. The summed E-state index contributed by atoms with van der Waals surface area (Å²) in [5.74, 6) is 7.86. The molecule has 0 bridgehead atoms. The highest BCUT2D eigenvalue weighted by atomic mass is 16.5. The van der Waals surface area contributed by atoms with E-state index >= 15 is 0 Å². The Morgan fingerprint density at radius 1 is 1.45 bits per heavy atom. The van der Waals surface area contributed by atoms with Crippen LogP contribution in [0.4, 0.5) is 11.6 Å². The number of aromatic nitrogens is 2. The molecule has 1 aliphatic heterocycles. The predicted molar refractivity (Wildman–Crippen MR) is 77.2 cm³/mol. The van der Waals surface area contributed by atoms with Gasteiger partial charge in [-0.25, -0.2) is 15.8 Å². The van der Waals surface area contributed by atoms with E-state index in [-0.39, 0.29) is 0 Å². The summed E-state index contributed by atoms with van der Waals surface area (Å²) in [5.41, 5.74) is 2.54. The molecule has 2 unspecified atom stereocenters. The molecule has 0 spiro atoms. The fourth-order valence-electron chi connectivity index (χ4n) is 2.47. The summed E-state index contributed by atoms with van der Waals surface area (Å²) < 4.78 is 10.7. The zero-order valence-electron chi connectivity index (χ0n) is 12.1. The molecule has 0 amide bonds. The van der Waals surface area contributed by atoms with E-state index in [1.165, 1.54) is 0 Å². The van der Waals surface area contributed by atoms with Gasteiger partial charge in [-0.3, -0.25) is 0 Å². The van der Waals surface area contributed by atoms with Gasteiger partial charge in [0.1, 0.15) is 18.2 Å². The number of methoxy groups -OCH3 is 1. The van der Waals surface area contributed by atoms with Crippen molar-refractivity contribution in [3.05, 3.63) is 11.9 Å². The van der Waals surface area contributed by atoms with Crippen molar-refractivity contribution < 1.29 is 9.47 Å². The van der Waals surface area contributed by atoms with Crippen LogP contribution in [-0.4, -0.2) is 36.3 Å². The molecule has 2 heterocycles. The first-order valence-corrected chi connectivity index (χ1v) is 6.95. The number of nitrogen functional groups attached to an aromatic ring is 1. The topological polar surface area (TPSA) is 94.3 Å². The van der Waals surface area contributed by atoms with Crippen LogP contribution in [0.1, 0.15) is 25.6 Å². The van der Waals surface area contributed by atoms with Crippen LogP contribution in [0.2, 0.25) is 0 Å². The first-order chi connectivity index (χ1) is 9.76. The van der Waals surface area contributed by atoms with Gasteiger partial charge in [-0.05, 0) is 12.8 Å². The zero-order chi connectivity index (χ0) is 14.4. The minimum Gasteiger partial charge on any atom is -0.378 e. The van der Waals surface area contributed by atoms with Crippen molar-refractivity contribution in [3.8, 4) is 0 Å². The molecule has 1 saturated heterocycles. The number of ether oxygens (including phenoxy) is 2. The first kappa shape index (κ1) is 15.0. The second-order valence-electron chi connectivity index (χ2n) is 4.88. The lowest BCUT2D eigenvalue weighted by Gasteiger charge is -2.18. The lowest BCUT2D eigenvalue weighted by atomic mass is 10.00. The van der Waals surface area contributed by atoms with E-state index in [4.69, 9.17) is 15.3 Å². The maximum Gasteiger partial charge on any atom is 0.158 e. The molecular weight excluding hydrogens is 258 g/mol. The summed E-state index contributed by atoms with van der Waals surface area (Å²) >= 11 is 0. The SMILES string of the molecule is CCC1OCCC1CNc1cc(NN)nc(COC)n1. The lowest BCUT2D eigenvalue weighted by molar-refractivity contribution is 0.0900. The number of nitrogens with one attached hydrogen (secondary N) is 2. The normalized spacial score (nSPS) is 21.9. The van der Waals surface area contributed by atoms with E-state index in [2.05, 4.69) is 27.6 Å². The van der Waals surface area contributed by atoms with Gasteiger partial charge in [-0.15, -0.1) is 0 Å². The highest BCUT2D eigenvalue weighted by Gasteiger charge is 2.26. The van der Waals surface area contributed by atoms with E-state index < -0.39 is 0 Å². The van der Waals surface area contributed by atoms with Crippen LogP contribution in [0.5, 0.6) is 0 Å². The van der Waals surface area contributed by atoms with Crippen LogP contribution in [0, 0.1) is 5.92 Å². The highest BCUT2D eigenvalue weighted by Crippen LogP contribution is 2.23. The summed E-state index contributed by atoms with van der Waals surface area (Å²) in [7, 11) is 1.61. The Labute approximate surface area is 119 Å². The number of hydrogen-bond donors (Lipinski definition) is 3. The minimum absolute atomic E-state index is 0.342. The number of anilines is 2. The summed E-state index contributed by atoms with van der Waals surface area (Å²) in [6.45, 7) is 4.19. The van der Waals surface area contributed by atoms with Gasteiger partial charge in [0, 0.05) is 32.2 Å². The highest BCUT2D eigenvalue weighted by molar-refractivity contribution is 5.46. The van der Waals surface area contributed by atoms with E-state index in [0.29, 0.717) is 30.3 Å². The summed E-state index contributed by atoms with van der Waals surface area (Å²) in [6, 6.07) is 1.79. The predicted octanol–water partition coefficient (Wildman–Crippen LogP) is 1.14. The lowest BCUT2D eigenvalue weighted by Crippen LogP contribution is -2.23. The first-order valence-electron chi connectivity index (χ1n) is 6.95. The zero-order valence-corrected chi connectivity index (χ0v) is 12.1. The van der Waals surface area contributed by atoms with Crippen molar-refractivity contribution in [2.75, 3.05) is 31.0 Å². The Hall–Kier alpha value is -1.44. The average molecular weight is 281 g/mol. The summed E-state index contributed by atoms with van der Waals surface area (Å²) in [4.78, 5) is 8.61. The summed E-state index contributed by atoms with van der Waals surface area (Å²) in [6.07, 6.45) is 2.47. The van der Waals surface area contributed by atoms with Crippen LogP contribution >= 0.6 is 0 Å². The summed E-state index contributed by atoms with van der Waals surface area (Å²) in [5, 5.41) is 3.34. The van der Waals surface area contributed by atoms with Gasteiger partial charge < -0.3 is 20.2 Å². The van der Waals surface area contributed by atoms with Crippen molar-refractivity contribution in [1.29, 1.82) is 0 Å². The molecule has 7 nitrogen and oxygen atoms in total. The average Bonchev–Trinajstić information content (AvgIpc) is 2.92. The quantitative estimate of drug-likeness (QED) is 0.509. The van der Waals surface area contributed by atoms with Gasteiger partial charge in [0.2, 0.25) is 0 Å². The molecule has 20 heavy (non-hydrogen) atoms. The van der Waals surface area contributed by atoms with E-state index in [1.54, 1.807) is 13.2 Å². The molecule has 7 heteroatoms. The largest absolute Gasteiger partial charge is 0.378 e. The molecule has 0 saturated carbocycles. The van der Waals surface area contributed by atoms with E-state index in [9.17, 15) is 0 Å². The number of hydrogen-bond acceptors (Lipinski definition) is 7. The second kappa shape index (κ2) is 7.37. The molecular formula is C13H23N5O2. The molecule has 0 radical (unpaired) electrons. The van der Waals surface area contributed by atoms with Gasteiger partial charge >= 0.3 is 0 Å². The van der Waals surface area contributed by atoms with Crippen LogP contribution < -0.4 is 16.6 Å². The molecule has 1 fully saturated rings.